The quantitative estimate of drug-likeness (QED) is 0.185. The van der Waals surface area contributed by atoms with Crippen LogP contribution in [0.2, 0.25) is 0 Å². The molecule has 5 nitrogen and oxygen atoms in total. The summed E-state index contributed by atoms with van der Waals surface area (Å²) in [6.45, 7) is 4.59. The van der Waals surface area contributed by atoms with Crippen LogP contribution >= 0.6 is 0 Å². The summed E-state index contributed by atoms with van der Waals surface area (Å²) in [6.07, 6.45) is 0. The fourth-order valence-electron chi connectivity index (χ4n) is 8.34. The molecule has 0 spiro atoms. The zero-order valence-corrected chi connectivity index (χ0v) is 29.1. The number of aromatic nitrogens is 3. The molecule has 0 saturated heterocycles. The highest BCUT2D eigenvalue weighted by atomic mass is 16.3. The lowest BCUT2D eigenvalue weighted by molar-refractivity contribution is 0.660. The van der Waals surface area contributed by atoms with Gasteiger partial charge in [0.25, 0.3) is 0 Å². The van der Waals surface area contributed by atoms with Crippen LogP contribution < -0.4 is 0 Å². The molecular weight excluding hydrogens is 651 g/mol. The van der Waals surface area contributed by atoms with Crippen LogP contribution in [-0.2, 0) is 5.41 Å². The van der Waals surface area contributed by atoms with Crippen LogP contribution in [-0.4, -0.2) is 15.0 Å². The first kappa shape index (κ1) is 29.8. The minimum absolute atomic E-state index is 0.137. The minimum atomic E-state index is -0.137. The first-order valence-electron chi connectivity index (χ1n) is 17.9. The third kappa shape index (κ3) is 4.47. The number of hydrogen-bond acceptors (Lipinski definition) is 5. The van der Waals surface area contributed by atoms with Crippen molar-refractivity contribution in [1.82, 2.24) is 15.0 Å². The Balaban J connectivity index is 1.07. The van der Waals surface area contributed by atoms with Gasteiger partial charge in [-0.1, -0.05) is 135 Å². The van der Waals surface area contributed by atoms with E-state index in [4.69, 9.17) is 23.8 Å². The Morgan fingerprint density at radius 2 is 1.02 bits per heavy atom. The van der Waals surface area contributed by atoms with Crippen molar-refractivity contribution in [3.05, 3.63) is 163 Å². The molecule has 3 heterocycles. The summed E-state index contributed by atoms with van der Waals surface area (Å²) in [5.74, 6) is 1.85. The highest BCUT2D eigenvalue weighted by Crippen LogP contribution is 2.49. The molecular formula is C48H31N3O2. The Morgan fingerprint density at radius 1 is 0.396 bits per heavy atom. The maximum absolute atomic E-state index is 6.77. The van der Waals surface area contributed by atoms with Gasteiger partial charge < -0.3 is 8.83 Å². The van der Waals surface area contributed by atoms with E-state index in [1.165, 1.54) is 22.3 Å². The van der Waals surface area contributed by atoms with Crippen molar-refractivity contribution in [2.24, 2.45) is 0 Å². The molecule has 0 fully saturated rings. The summed E-state index contributed by atoms with van der Waals surface area (Å²) >= 11 is 0. The van der Waals surface area contributed by atoms with Crippen molar-refractivity contribution in [2.75, 3.05) is 0 Å². The molecule has 5 heteroatoms. The number of para-hydroxylation sites is 2. The third-order valence-electron chi connectivity index (χ3n) is 11.0. The second-order valence-corrected chi connectivity index (χ2v) is 14.4. The number of fused-ring (bicyclic) bond motifs is 9. The molecule has 0 N–H and O–H groups in total. The Bertz CT molecular complexity index is 3100. The summed E-state index contributed by atoms with van der Waals surface area (Å²) in [4.78, 5) is 15.2. The molecule has 0 bridgehead atoms. The van der Waals surface area contributed by atoms with Crippen molar-refractivity contribution in [1.29, 1.82) is 0 Å². The lowest BCUT2D eigenvalue weighted by atomic mass is 9.82. The normalized spacial score (nSPS) is 13.2. The van der Waals surface area contributed by atoms with Gasteiger partial charge in [0.1, 0.15) is 22.3 Å². The summed E-state index contributed by atoms with van der Waals surface area (Å²) in [7, 11) is 0. The van der Waals surface area contributed by atoms with Gasteiger partial charge in [-0.25, -0.2) is 15.0 Å². The van der Waals surface area contributed by atoms with Gasteiger partial charge in [-0.2, -0.15) is 0 Å². The molecule has 10 aromatic rings. The van der Waals surface area contributed by atoms with Crippen LogP contribution in [0.3, 0.4) is 0 Å². The average molecular weight is 682 g/mol. The second kappa shape index (κ2) is 11.1. The van der Waals surface area contributed by atoms with Crippen LogP contribution in [0.1, 0.15) is 25.0 Å². The number of benzene rings is 7. The molecule has 1 aliphatic carbocycles. The van der Waals surface area contributed by atoms with E-state index in [1.807, 2.05) is 54.6 Å². The van der Waals surface area contributed by atoms with Crippen LogP contribution in [0.4, 0.5) is 0 Å². The van der Waals surface area contributed by atoms with Crippen molar-refractivity contribution in [3.8, 4) is 56.4 Å². The minimum Gasteiger partial charge on any atom is -0.456 e. The summed E-state index contributed by atoms with van der Waals surface area (Å²) < 4.78 is 13.0. The maximum atomic E-state index is 6.77. The van der Waals surface area contributed by atoms with E-state index in [-0.39, 0.29) is 5.41 Å². The smallest absolute Gasteiger partial charge is 0.164 e. The largest absolute Gasteiger partial charge is 0.456 e. The number of hydrogen-bond donors (Lipinski definition) is 0. The lowest BCUT2D eigenvalue weighted by Crippen LogP contribution is -2.15. The topological polar surface area (TPSA) is 65.0 Å². The van der Waals surface area contributed by atoms with E-state index >= 15 is 0 Å². The van der Waals surface area contributed by atoms with Crippen molar-refractivity contribution in [3.63, 3.8) is 0 Å². The zero-order valence-electron chi connectivity index (χ0n) is 29.1. The Morgan fingerprint density at radius 3 is 1.89 bits per heavy atom. The van der Waals surface area contributed by atoms with Crippen LogP contribution in [0.5, 0.6) is 0 Å². The first-order chi connectivity index (χ1) is 26.0. The molecule has 0 aliphatic heterocycles. The van der Waals surface area contributed by atoms with Crippen LogP contribution in [0, 0.1) is 0 Å². The summed E-state index contributed by atoms with van der Waals surface area (Å²) in [6, 6.07) is 52.4. The Kier molecular flexibility index (Phi) is 6.23. The van der Waals surface area contributed by atoms with E-state index in [9.17, 15) is 0 Å². The van der Waals surface area contributed by atoms with Gasteiger partial charge in [-0.15, -0.1) is 0 Å². The standard InChI is InChI=1S/C48H31N3O2/c1-48(2)38-19-8-6-14-31(38)32-24-22-29(26-39(32)48)46-49-45(28-12-4-3-5-13-28)50-47(51-46)30-23-25-33-35-17-10-18-36(44(35)53-42(33)27-30)34-16-11-21-41-43(34)37-15-7-9-20-40(37)52-41/h3-27H,1-2H3. The molecule has 0 atom stereocenters. The molecule has 0 amide bonds. The van der Waals surface area contributed by atoms with E-state index in [2.05, 4.69) is 111 Å². The molecule has 250 valence electrons. The van der Waals surface area contributed by atoms with Gasteiger partial charge in [-0.3, -0.25) is 0 Å². The van der Waals surface area contributed by atoms with Gasteiger partial charge >= 0.3 is 0 Å². The van der Waals surface area contributed by atoms with Gasteiger partial charge in [0.05, 0.1) is 0 Å². The zero-order chi connectivity index (χ0) is 35.3. The van der Waals surface area contributed by atoms with Gasteiger partial charge in [0, 0.05) is 49.2 Å². The third-order valence-corrected chi connectivity index (χ3v) is 11.0. The van der Waals surface area contributed by atoms with E-state index in [1.54, 1.807) is 0 Å². The number of nitrogens with zero attached hydrogens (tertiary/aromatic N) is 3. The highest BCUT2D eigenvalue weighted by molar-refractivity contribution is 6.17. The van der Waals surface area contributed by atoms with Crippen LogP contribution in [0.15, 0.2) is 160 Å². The second-order valence-electron chi connectivity index (χ2n) is 14.4. The Hall–Kier alpha value is -6.85. The monoisotopic (exact) mass is 681 g/mol. The van der Waals surface area contributed by atoms with Crippen molar-refractivity contribution < 1.29 is 8.83 Å². The van der Waals surface area contributed by atoms with Crippen LogP contribution in [0.25, 0.3) is 100 Å². The molecule has 0 saturated carbocycles. The molecule has 7 aromatic carbocycles. The predicted molar refractivity (Wildman–Crippen MR) is 214 cm³/mol. The Labute approximate surface area is 305 Å². The molecule has 53 heavy (non-hydrogen) atoms. The summed E-state index contributed by atoms with van der Waals surface area (Å²) in [5, 5.41) is 4.26. The fourth-order valence-corrected chi connectivity index (χ4v) is 8.34. The molecule has 3 aromatic heterocycles. The van der Waals surface area contributed by atoms with E-state index in [0.717, 1.165) is 71.7 Å². The average Bonchev–Trinajstić information content (AvgIpc) is 3.85. The van der Waals surface area contributed by atoms with E-state index < -0.39 is 0 Å². The molecule has 0 radical (unpaired) electrons. The van der Waals surface area contributed by atoms with E-state index in [0.29, 0.717) is 17.5 Å². The molecule has 11 rings (SSSR count). The maximum Gasteiger partial charge on any atom is 0.164 e. The highest BCUT2D eigenvalue weighted by Gasteiger charge is 2.35. The van der Waals surface area contributed by atoms with Crippen molar-refractivity contribution in [2.45, 2.75) is 19.3 Å². The predicted octanol–water partition coefficient (Wildman–Crippen LogP) is 12.6. The lowest BCUT2D eigenvalue weighted by Gasteiger charge is -2.21. The SMILES string of the molecule is CC1(C)c2ccccc2-c2ccc(-c3nc(-c4ccccc4)nc(-c4ccc5c(c4)oc4c(-c6cccc7oc8ccccc8c67)cccc45)n3)cc21. The summed E-state index contributed by atoms with van der Waals surface area (Å²) in [5.41, 5.74) is 13.2. The van der Waals surface area contributed by atoms with Gasteiger partial charge in [0.2, 0.25) is 0 Å². The number of furan rings is 2. The van der Waals surface area contributed by atoms with Crippen molar-refractivity contribution >= 4 is 43.9 Å². The molecule has 0 unspecified atom stereocenters. The van der Waals surface area contributed by atoms with Gasteiger partial charge in [0.15, 0.2) is 17.5 Å². The first-order valence-corrected chi connectivity index (χ1v) is 17.9. The number of rotatable bonds is 4. The fraction of sp³-hybridized carbons (Fsp3) is 0.0625. The van der Waals surface area contributed by atoms with Gasteiger partial charge in [-0.05, 0) is 58.1 Å². The molecule has 1 aliphatic rings.